The summed E-state index contributed by atoms with van der Waals surface area (Å²) in [5.41, 5.74) is 1.20. The average molecular weight is 504 g/mol. The molecular weight excluding hydrogens is 472 g/mol. The van der Waals surface area contributed by atoms with Crippen molar-refractivity contribution in [2.75, 3.05) is 33.2 Å². The second-order valence-electron chi connectivity index (χ2n) is 7.44. The molecule has 1 amide bonds. The van der Waals surface area contributed by atoms with Gasteiger partial charge in [-0.15, -0.1) is 24.8 Å². The molecule has 0 saturated carbocycles. The monoisotopic (exact) mass is 503 g/mol. The van der Waals surface area contributed by atoms with Crippen LogP contribution in [0.4, 0.5) is 0 Å². The van der Waals surface area contributed by atoms with E-state index in [4.69, 9.17) is 0 Å². The Bertz CT molecular complexity index is 541. The van der Waals surface area contributed by atoms with Crippen molar-refractivity contribution in [2.24, 2.45) is 0 Å². The van der Waals surface area contributed by atoms with Crippen LogP contribution in [0.25, 0.3) is 0 Å². The van der Waals surface area contributed by atoms with E-state index < -0.39 is 21.7 Å². The fourth-order valence-electron chi connectivity index (χ4n) is 4.15. The number of nitrogens with one attached hydrogen (secondary N) is 1. The predicted octanol–water partition coefficient (Wildman–Crippen LogP) is 3.50. The fourth-order valence-corrected chi connectivity index (χ4v) is 15.4. The summed E-state index contributed by atoms with van der Waals surface area (Å²) < 4.78 is 4.51. The summed E-state index contributed by atoms with van der Waals surface area (Å²) in [6.45, 7) is 6.82. The van der Waals surface area contributed by atoms with Crippen LogP contribution in [0.3, 0.4) is 0 Å². The van der Waals surface area contributed by atoms with Gasteiger partial charge in [-0.05, 0) is 0 Å². The van der Waals surface area contributed by atoms with Crippen LogP contribution in [0, 0.1) is 0 Å². The number of carbonyl (C=O) groups is 1. The number of hydrogen-bond acceptors (Lipinski definition) is 3. The van der Waals surface area contributed by atoms with Crippen LogP contribution >= 0.6 is 24.8 Å². The number of piperazine rings is 1. The van der Waals surface area contributed by atoms with Gasteiger partial charge >= 0.3 is 155 Å². The third kappa shape index (κ3) is 6.30. The smallest absolute Gasteiger partial charge is 0.147 e. The van der Waals surface area contributed by atoms with Gasteiger partial charge in [0.15, 0.2) is 0 Å². The number of likely N-dealkylation sites (N-methyl/N-ethyl adjacent to an activating group) is 1. The molecule has 2 aliphatic heterocycles. The quantitative estimate of drug-likeness (QED) is 0.683. The van der Waals surface area contributed by atoms with Crippen LogP contribution in [0.2, 0.25) is 7.85 Å². The molecule has 2 heterocycles. The molecule has 0 bridgehead atoms. The van der Waals surface area contributed by atoms with E-state index >= 15 is 0 Å². The summed E-state index contributed by atoms with van der Waals surface area (Å²) in [6.07, 6.45) is 3.71. The summed E-state index contributed by atoms with van der Waals surface area (Å²) in [6, 6.07) is 10.4. The van der Waals surface area contributed by atoms with Crippen LogP contribution in [0.15, 0.2) is 30.3 Å². The van der Waals surface area contributed by atoms with Gasteiger partial charge in [0.05, 0.1) is 0 Å². The largest absolute Gasteiger partial charge is 0.147 e. The van der Waals surface area contributed by atoms with Gasteiger partial charge < -0.3 is 0 Å². The molecular formula is C19H32Cl2InN3O. The maximum absolute atomic E-state index is 13.0. The maximum Gasteiger partial charge on any atom is -0.147 e. The van der Waals surface area contributed by atoms with E-state index in [1.165, 1.54) is 48.8 Å². The zero-order chi connectivity index (χ0) is 16.9. The molecule has 2 fully saturated rings. The number of rotatable bonds is 4. The van der Waals surface area contributed by atoms with Crippen molar-refractivity contribution in [3.05, 3.63) is 35.9 Å². The van der Waals surface area contributed by atoms with Gasteiger partial charge in [0.25, 0.3) is 0 Å². The number of carbonyl (C=O) groups excluding carboxylic acids is 1. The molecule has 2 atom stereocenters. The Balaban J connectivity index is 0.00000169. The number of halogens is 2. The van der Waals surface area contributed by atoms with Crippen molar-refractivity contribution in [3.63, 3.8) is 0 Å². The second-order valence-corrected chi connectivity index (χ2v) is 16.7. The van der Waals surface area contributed by atoms with Gasteiger partial charge in [0.1, 0.15) is 0 Å². The summed E-state index contributed by atoms with van der Waals surface area (Å²) in [5.74, 6) is 0.339. The van der Waals surface area contributed by atoms with Crippen molar-refractivity contribution in [3.8, 4) is 0 Å². The first-order valence-corrected chi connectivity index (χ1v) is 15.1. The van der Waals surface area contributed by atoms with Crippen LogP contribution in [-0.4, -0.2) is 68.6 Å². The van der Waals surface area contributed by atoms with Gasteiger partial charge in [0.2, 0.25) is 0 Å². The van der Waals surface area contributed by atoms with Crippen LogP contribution in [-0.2, 0) is 4.79 Å². The van der Waals surface area contributed by atoms with Crippen molar-refractivity contribution in [1.82, 2.24) is 13.1 Å². The molecule has 146 valence electrons. The number of benzene rings is 1. The molecule has 3 rings (SSSR count). The van der Waals surface area contributed by atoms with E-state index in [1.807, 2.05) is 18.2 Å². The second kappa shape index (κ2) is 11.8. The van der Waals surface area contributed by atoms with Gasteiger partial charge in [-0.1, -0.05) is 0 Å². The van der Waals surface area contributed by atoms with Gasteiger partial charge in [0, 0.05) is 0 Å². The summed E-state index contributed by atoms with van der Waals surface area (Å²) in [7, 11) is 2.21. The normalized spacial score (nSPS) is 22.7. The minimum Gasteiger partial charge on any atom is -0.147 e. The fraction of sp³-hybridized carbons (Fsp3) is 0.632. The topological polar surface area (TPSA) is 35.6 Å². The van der Waals surface area contributed by atoms with E-state index in [9.17, 15) is 4.79 Å². The third-order valence-electron chi connectivity index (χ3n) is 5.73. The van der Waals surface area contributed by atoms with E-state index in [0.717, 1.165) is 6.42 Å². The minimum absolute atomic E-state index is 0. The van der Waals surface area contributed by atoms with E-state index in [-0.39, 0.29) is 30.9 Å². The number of nitrogens with zero attached hydrogens (tertiary/aromatic N) is 2. The molecule has 4 nitrogen and oxygen atoms in total. The minimum atomic E-state index is -1.98. The number of amides is 1. The molecule has 26 heavy (non-hydrogen) atoms. The Morgan fingerprint density at radius 1 is 1.12 bits per heavy atom. The zero-order valence-electron chi connectivity index (χ0n) is 15.9. The molecule has 0 aliphatic carbocycles. The molecule has 1 aromatic rings. The van der Waals surface area contributed by atoms with Crippen molar-refractivity contribution in [1.29, 1.82) is 0 Å². The molecule has 1 unspecified atom stereocenters. The Kier molecular flexibility index (Phi) is 10.9. The summed E-state index contributed by atoms with van der Waals surface area (Å²) in [5, 5.41) is 3.32. The third-order valence-corrected chi connectivity index (χ3v) is 17.2. The molecule has 0 aromatic heterocycles. The molecule has 1 N–H and O–H groups in total. The molecule has 1 aromatic carbocycles. The van der Waals surface area contributed by atoms with Crippen molar-refractivity contribution < 1.29 is 4.79 Å². The Morgan fingerprint density at radius 3 is 2.42 bits per heavy atom. The summed E-state index contributed by atoms with van der Waals surface area (Å²) >= 11 is -1.98. The first kappa shape index (κ1) is 24.1. The Hall–Kier alpha value is 0.0601. The van der Waals surface area contributed by atoms with Crippen molar-refractivity contribution in [2.45, 2.75) is 40.1 Å². The van der Waals surface area contributed by atoms with Gasteiger partial charge in [-0.25, -0.2) is 0 Å². The molecule has 0 radical (unpaired) electrons. The van der Waals surface area contributed by atoms with Gasteiger partial charge in [-0.3, -0.25) is 0 Å². The van der Waals surface area contributed by atoms with Crippen LogP contribution in [0.5, 0.6) is 0 Å². The molecule has 7 heteroatoms. The first-order valence-electron chi connectivity index (χ1n) is 9.43. The SMILES string of the molecule is C[C@H](NC(=O)[CH]1CCC[CH2][In]1[N]1CCN(C)CC1)c1ccccc1.Cl.Cl. The summed E-state index contributed by atoms with van der Waals surface area (Å²) in [4.78, 5) is 15.4. The maximum atomic E-state index is 13.0. The van der Waals surface area contributed by atoms with Crippen LogP contribution < -0.4 is 5.32 Å². The van der Waals surface area contributed by atoms with Crippen molar-refractivity contribution >= 4 is 52.4 Å². The molecule has 2 saturated heterocycles. The van der Waals surface area contributed by atoms with Crippen LogP contribution in [0.1, 0.15) is 37.8 Å². The Labute approximate surface area is 178 Å². The zero-order valence-corrected chi connectivity index (χ0v) is 20.8. The predicted molar refractivity (Wildman–Crippen MR) is 115 cm³/mol. The van der Waals surface area contributed by atoms with Gasteiger partial charge in [-0.2, -0.15) is 0 Å². The van der Waals surface area contributed by atoms with E-state index in [2.05, 4.69) is 39.2 Å². The van der Waals surface area contributed by atoms with E-state index in [1.54, 1.807) is 0 Å². The van der Waals surface area contributed by atoms with E-state index in [0.29, 0.717) is 9.58 Å². The average Bonchev–Trinajstić information content (AvgIpc) is 2.63. The number of hydrogen-bond donors (Lipinski definition) is 1. The molecule has 2 aliphatic rings. The molecule has 0 spiro atoms. The standard InChI is InChI=1S/C14H19NO.C5H11N2.2ClH.In/c1-3-4-6-11-14(16)15-12(2)13-9-7-5-8-10-13;1-7-4-2-6-3-5-7;;;/h5,7-12H,1,3-4,6H2,2H3,(H,15,16);2-5H2,1H3;2*1H;/q;-1;;;+1/t12-;;;;/m0..../s1. The Morgan fingerprint density at radius 2 is 1.77 bits per heavy atom. The first-order chi connectivity index (χ1) is 11.6.